The molecule has 1 aromatic carbocycles. The molecule has 0 aliphatic heterocycles. The Bertz CT molecular complexity index is 816. The number of imidazole rings is 1. The highest BCUT2D eigenvalue weighted by atomic mass is 79.9. The van der Waals surface area contributed by atoms with Gasteiger partial charge in [-0.3, -0.25) is 4.40 Å². The minimum Gasteiger partial charge on any atom is -0.378 e. The van der Waals surface area contributed by atoms with Crippen LogP contribution in [-0.4, -0.2) is 14.4 Å². The highest BCUT2D eigenvalue weighted by molar-refractivity contribution is 9.10. The standard InChI is InChI=1S/C14H11BrCl2N4/c1-8-2-11(17)12(3-10(8)16)18-4-9-5-20-14-6-19-13(15)7-21(9)14/h2-3,5-7,18H,4H2,1H3. The van der Waals surface area contributed by atoms with E-state index in [0.29, 0.717) is 16.6 Å². The lowest BCUT2D eigenvalue weighted by atomic mass is 10.2. The van der Waals surface area contributed by atoms with Crippen LogP contribution in [0.2, 0.25) is 10.0 Å². The van der Waals surface area contributed by atoms with Gasteiger partial charge in [-0.15, -0.1) is 0 Å². The van der Waals surface area contributed by atoms with E-state index in [9.17, 15) is 0 Å². The summed E-state index contributed by atoms with van der Waals surface area (Å²) in [4.78, 5) is 8.46. The van der Waals surface area contributed by atoms with E-state index in [4.69, 9.17) is 23.2 Å². The molecule has 0 radical (unpaired) electrons. The molecule has 0 amide bonds. The Hall–Kier alpha value is -1.30. The molecule has 0 unspecified atom stereocenters. The van der Waals surface area contributed by atoms with Crippen molar-refractivity contribution in [3.63, 3.8) is 0 Å². The Balaban J connectivity index is 1.87. The van der Waals surface area contributed by atoms with Gasteiger partial charge in [0.25, 0.3) is 0 Å². The first kappa shape index (κ1) is 14.6. The molecule has 0 bridgehead atoms. The number of nitrogens with zero attached hydrogens (tertiary/aromatic N) is 3. The number of hydrogen-bond donors (Lipinski definition) is 1. The Morgan fingerprint density at radius 3 is 2.81 bits per heavy atom. The number of rotatable bonds is 3. The lowest BCUT2D eigenvalue weighted by Crippen LogP contribution is -2.03. The number of hydrogen-bond acceptors (Lipinski definition) is 3. The van der Waals surface area contributed by atoms with Crippen LogP contribution >= 0.6 is 39.1 Å². The molecule has 3 aromatic rings. The molecule has 0 saturated heterocycles. The zero-order chi connectivity index (χ0) is 15.0. The summed E-state index contributed by atoms with van der Waals surface area (Å²) in [5.74, 6) is 0. The van der Waals surface area contributed by atoms with Gasteiger partial charge >= 0.3 is 0 Å². The van der Waals surface area contributed by atoms with Gasteiger partial charge < -0.3 is 5.32 Å². The molecule has 0 fully saturated rings. The van der Waals surface area contributed by atoms with Crippen molar-refractivity contribution in [2.45, 2.75) is 13.5 Å². The van der Waals surface area contributed by atoms with Gasteiger partial charge in [0.05, 0.1) is 35.3 Å². The van der Waals surface area contributed by atoms with Crippen molar-refractivity contribution in [2.24, 2.45) is 0 Å². The highest BCUT2D eigenvalue weighted by Gasteiger charge is 2.07. The van der Waals surface area contributed by atoms with E-state index >= 15 is 0 Å². The van der Waals surface area contributed by atoms with Crippen molar-refractivity contribution in [1.82, 2.24) is 14.4 Å². The molecule has 7 heteroatoms. The van der Waals surface area contributed by atoms with Crippen LogP contribution in [0, 0.1) is 6.92 Å². The van der Waals surface area contributed by atoms with Crippen molar-refractivity contribution in [2.75, 3.05) is 5.32 Å². The molecule has 108 valence electrons. The summed E-state index contributed by atoms with van der Waals surface area (Å²) >= 11 is 15.7. The number of aromatic nitrogens is 3. The third kappa shape index (κ3) is 3.00. The van der Waals surface area contributed by atoms with Gasteiger partial charge in [0.15, 0.2) is 5.65 Å². The SMILES string of the molecule is Cc1cc(Cl)c(NCc2cnc3cnc(Br)cn23)cc1Cl. The molecule has 0 spiro atoms. The molecule has 2 aromatic heterocycles. The number of aryl methyl sites for hydroxylation is 1. The normalized spacial score (nSPS) is 11.0. The van der Waals surface area contributed by atoms with Gasteiger partial charge in [-0.25, -0.2) is 9.97 Å². The molecule has 2 heterocycles. The predicted octanol–water partition coefficient (Wildman–Crippen LogP) is 4.72. The van der Waals surface area contributed by atoms with Crippen LogP contribution in [0.15, 0.2) is 35.3 Å². The van der Waals surface area contributed by atoms with E-state index in [1.54, 1.807) is 12.4 Å². The average molecular weight is 386 g/mol. The van der Waals surface area contributed by atoms with Gasteiger partial charge in [-0.1, -0.05) is 23.2 Å². The third-order valence-corrected chi connectivity index (χ3v) is 4.28. The van der Waals surface area contributed by atoms with E-state index in [2.05, 4.69) is 31.2 Å². The highest BCUT2D eigenvalue weighted by Crippen LogP contribution is 2.29. The molecule has 3 rings (SSSR count). The quantitative estimate of drug-likeness (QED) is 0.709. The van der Waals surface area contributed by atoms with Gasteiger partial charge in [-0.2, -0.15) is 0 Å². The Kier molecular flexibility index (Phi) is 4.06. The van der Waals surface area contributed by atoms with E-state index in [1.807, 2.05) is 29.7 Å². The molecule has 21 heavy (non-hydrogen) atoms. The van der Waals surface area contributed by atoms with Crippen molar-refractivity contribution in [3.05, 3.63) is 56.6 Å². The first-order valence-electron chi connectivity index (χ1n) is 6.21. The number of halogens is 3. The zero-order valence-corrected chi connectivity index (χ0v) is 14.2. The van der Waals surface area contributed by atoms with E-state index < -0.39 is 0 Å². The maximum absolute atomic E-state index is 6.22. The van der Waals surface area contributed by atoms with Gasteiger partial charge in [0, 0.05) is 11.2 Å². The molecule has 4 nitrogen and oxygen atoms in total. The van der Waals surface area contributed by atoms with Crippen LogP contribution in [0.25, 0.3) is 5.65 Å². The topological polar surface area (TPSA) is 42.2 Å². The average Bonchev–Trinajstić information content (AvgIpc) is 2.84. The number of nitrogens with one attached hydrogen (secondary N) is 1. The van der Waals surface area contributed by atoms with Crippen molar-refractivity contribution >= 4 is 50.5 Å². The number of benzene rings is 1. The van der Waals surface area contributed by atoms with Gasteiger partial charge in [0.1, 0.15) is 4.60 Å². The van der Waals surface area contributed by atoms with E-state index in [1.165, 1.54) is 0 Å². The van der Waals surface area contributed by atoms with Gasteiger partial charge in [-0.05, 0) is 40.5 Å². The van der Waals surface area contributed by atoms with Crippen LogP contribution < -0.4 is 5.32 Å². The molecule has 0 atom stereocenters. The first-order valence-corrected chi connectivity index (χ1v) is 7.76. The van der Waals surface area contributed by atoms with Crippen LogP contribution in [0.5, 0.6) is 0 Å². The smallest absolute Gasteiger partial charge is 0.155 e. The lowest BCUT2D eigenvalue weighted by Gasteiger charge is -2.10. The fourth-order valence-electron chi connectivity index (χ4n) is 2.01. The first-order chi connectivity index (χ1) is 10.0. The van der Waals surface area contributed by atoms with E-state index in [-0.39, 0.29) is 0 Å². The van der Waals surface area contributed by atoms with E-state index in [0.717, 1.165) is 27.2 Å². The zero-order valence-electron chi connectivity index (χ0n) is 11.1. The number of fused-ring (bicyclic) bond motifs is 1. The van der Waals surface area contributed by atoms with Crippen LogP contribution in [0.4, 0.5) is 5.69 Å². The van der Waals surface area contributed by atoms with Gasteiger partial charge in [0.2, 0.25) is 0 Å². The minimum absolute atomic E-state index is 0.580. The molecule has 0 aliphatic carbocycles. The second-order valence-electron chi connectivity index (χ2n) is 4.62. The van der Waals surface area contributed by atoms with Crippen molar-refractivity contribution in [3.8, 4) is 0 Å². The maximum Gasteiger partial charge on any atom is 0.155 e. The second-order valence-corrected chi connectivity index (χ2v) is 6.25. The molecule has 0 aliphatic rings. The summed E-state index contributed by atoms with van der Waals surface area (Å²) in [5, 5.41) is 4.62. The summed E-state index contributed by atoms with van der Waals surface area (Å²) in [6, 6.07) is 3.68. The fraction of sp³-hybridized carbons (Fsp3) is 0.143. The molecular weight excluding hydrogens is 375 g/mol. The third-order valence-electron chi connectivity index (χ3n) is 3.15. The predicted molar refractivity (Wildman–Crippen MR) is 89.2 cm³/mol. The summed E-state index contributed by atoms with van der Waals surface area (Å²) in [6.45, 7) is 2.50. The largest absolute Gasteiger partial charge is 0.378 e. The number of anilines is 1. The lowest BCUT2D eigenvalue weighted by molar-refractivity contribution is 0.983. The van der Waals surface area contributed by atoms with Crippen LogP contribution in [-0.2, 0) is 6.54 Å². The Labute approximate surface area is 140 Å². The molecule has 1 N–H and O–H groups in total. The summed E-state index contributed by atoms with van der Waals surface area (Å²) in [7, 11) is 0. The maximum atomic E-state index is 6.22. The second kappa shape index (κ2) is 5.83. The fourth-order valence-corrected chi connectivity index (χ4v) is 2.77. The van der Waals surface area contributed by atoms with Crippen molar-refractivity contribution < 1.29 is 0 Å². The van der Waals surface area contributed by atoms with Crippen LogP contribution in [0.3, 0.4) is 0 Å². The Morgan fingerprint density at radius 2 is 2.00 bits per heavy atom. The summed E-state index contributed by atoms with van der Waals surface area (Å²) < 4.78 is 2.72. The summed E-state index contributed by atoms with van der Waals surface area (Å²) in [6.07, 6.45) is 5.40. The Morgan fingerprint density at radius 1 is 1.19 bits per heavy atom. The molecule has 0 saturated carbocycles. The van der Waals surface area contributed by atoms with Crippen LogP contribution in [0.1, 0.15) is 11.3 Å². The monoisotopic (exact) mass is 384 g/mol. The minimum atomic E-state index is 0.580. The van der Waals surface area contributed by atoms with Crippen molar-refractivity contribution in [1.29, 1.82) is 0 Å². The molecular formula is C14H11BrCl2N4. The summed E-state index contributed by atoms with van der Waals surface area (Å²) in [5.41, 5.74) is 3.55.